The van der Waals surface area contributed by atoms with Crippen LogP contribution < -0.4 is 14.8 Å². The summed E-state index contributed by atoms with van der Waals surface area (Å²) in [7, 11) is 3.22. The van der Waals surface area contributed by atoms with Gasteiger partial charge in [-0.3, -0.25) is 4.79 Å². The van der Waals surface area contributed by atoms with Gasteiger partial charge in [-0.25, -0.2) is 0 Å². The number of nitrogens with zero attached hydrogens (tertiary/aromatic N) is 2. The van der Waals surface area contributed by atoms with Crippen LogP contribution in [0.5, 0.6) is 11.5 Å². The van der Waals surface area contributed by atoms with E-state index in [1.807, 2.05) is 36.4 Å². The number of benzene rings is 2. The van der Waals surface area contributed by atoms with Gasteiger partial charge in [0.2, 0.25) is 11.0 Å². The molecule has 7 heteroatoms. The number of aryl methyl sites for hydroxylation is 1. The molecular formula is C21H23N3O3S. The summed E-state index contributed by atoms with van der Waals surface area (Å²) in [6.07, 6.45) is 2.75. The SMILES string of the molecule is COc1ccc(Cc2nnc(NC(=O)CCCc3ccccc3)s2)cc1OC. The van der Waals surface area contributed by atoms with Crippen LogP contribution in [-0.2, 0) is 17.6 Å². The highest BCUT2D eigenvalue weighted by Gasteiger charge is 2.11. The fourth-order valence-corrected chi connectivity index (χ4v) is 3.61. The molecule has 1 N–H and O–H groups in total. The Kier molecular flexibility index (Phi) is 6.97. The quantitative estimate of drug-likeness (QED) is 0.588. The summed E-state index contributed by atoms with van der Waals surface area (Å²) in [5.74, 6) is 1.33. The Bertz CT molecular complexity index is 912. The summed E-state index contributed by atoms with van der Waals surface area (Å²) < 4.78 is 10.6. The number of anilines is 1. The number of hydrogen-bond donors (Lipinski definition) is 1. The zero-order valence-corrected chi connectivity index (χ0v) is 16.8. The number of carbonyl (C=O) groups excluding carboxylic acids is 1. The first-order valence-corrected chi connectivity index (χ1v) is 9.86. The molecule has 0 aliphatic heterocycles. The molecule has 1 aromatic heterocycles. The third kappa shape index (κ3) is 5.53. The Hall–Kier alpha value is -2.93. The number of rotatable bonds is 9. The van der Waals surface area contributed by atoms with Crippen molar-refractivity contribution in [2.75, 3.05) is 19.5 Å². The normalized spacial score (nSPS) is 10.5. The average Bonchev–Trinajstić information content (AvgIpc) is 3.15. The van der Waals surface area contributed by atoms with Gasteiger partial charge in [0.25, 0.3) is 0 Å². The van der Waals surface area contributed by atoms with Crippen LogP contribution >= 0.6 is 11.3 Å². The maximum atomic E-state index is 12.1. The molecule has 0 aliphatic rings. The minimum Gasteiger partial charge on any atom is -0.493 e. The molecule has 0 saturated carbocycles. The largest absolute Gasteiger partial charge is 0.493 e. The monoisotopic (exact) mass is 397 g/mol. The van der Waals surface area contributed by atoms with Gasteiger partial charge in [-0.05, 0) is 36.1 Å². The van der Waals surface area contributed by atoms with Gasteiger partial charge < -0.3 is 14.8 Å². The average molecular weight is 398 g/mol. The van der Waals surface area contributed by atoms with Crippen molar-refractivity contribution in [3.05, 3.63) is 64.7 Å². The molecule has 0 atom stereocenters. The Morgan fingerprint density at radius 3 is 2.54 bits per heavy atom. The van der Waals surface area contributed by atoms with Crippen molar-refractivity contribution in [1.82, 2.24) is 10.2 Å². The molecule has 0 spiro atoms. The summed E-state index contributed by atoms with van der Waals surface area (Å²) >= 11 is 1.38. The van der Waals surface area contributed by atoms with Crippen LogP contribution in [0.1, 0.15) is 29.0 Å². The molecule has 3 rings (SSSR count). The molecule has 1 amide bonds. The van der Waals surface area contributed by atoms with E-state index in [4.69, 9.17) is 9.47 Å². The van der Waals surface area contributed by atoms with Crippen molar-refractivity contribution in [1.29, 1.82) is 0 Å². The Morgan fingerprint density at radius 2 is 1.79 bits per heavy atom. The van der Waals surface area contributed by atoms with Crippen LogP contribution in [-0.4, -0.2) is 30.3 Å². The van der Waals surface area contributed by atoms with Crippen molar-refractivity contribution in [2.24, 2.45) is 0 Å². The van der Waals surface area contributed by atoms with Crippen LogP contribution in [0.4, 0.5) is 5.13 Å². The van der Waals surface area contributed by atoms with Gasteiger partial charge in [-0.2, -0.15) is 0 Å². The molecule has 0 fully saturated rings. The Labute approximate surface area is 168 Å². The summed E-state index contributed by atoms with van der Waals surface area (Å²) in [6, 6.07) is 15.9. The summed E-state index contributed by atoms with van der Waals surface area (Å²) in [6.45, 7) is 0. The van der Waals surface area contributed by atoms with E-state index in [0.29, 0.717) is 29.5 Å². The molecule has 1 heterocycles. The highest BCUT2D eigenvalue weighted by atomic mass is 32.1. The molecule has 2 aromatic carbocycles. The Balaban J connectivity index is 1.50. The molecule has 28 heavy (non-hydrogen) atoms. The van der Waals surface area contributed by atoms with Crippen molar-refractivity contribution < 1.29 is 14.3 Å². The predicted molar refractivity (Wildman–Crippen MR) is 110 cm³/mol. The van der Waals surface area contributed by atoms with Crippen LogP contribution in [0.15, 0.2) is 48.5 Å². The number of carbonyl (C=O) groups is 1. The lowest BCUT2D eigenvalue weighted by molar-refractivity contribution is -0.116. The maximum absolute atomic E-state index is 12.1. The summed E-state index contributed by atoms with van der Waals surface area (Å²) in [5, 5.41) is 12.4. The van der Waals surface area contributed by atoms with Gasteiger partial charge in [-0.1, -0.05) is 47.7 Å². The summed E-state index contributed by atoms with van der Waals surface area (Å²) in [5.41, 5.74) is 2.28. The minimum atomic E-state index is -0.0373. The van der Waals surface area contributed by atoms with Crippen molar-refractivity contribution >= 4 is 22.4 Å². The molecule has 146 valence electrons. The van der Waals surface area contributed by atoms with Gasteiger partial charge >= 0.3 is 0 Å². The molecule has 6 nitrogen and oxygen atoms in total. The first-order chi connectivity index (χ1) is 13.7. The third-order valence-electron chi connectivity index (χ3n) is 4.23. The van der Waals surface area contributed by atoms with E-state index in [0.717, 1.165) is 23.4 Å². The maximum Gasteiger partial charge on any atom is 0.226 e. The second-order valence-electron chi connectivity index (χ2n) is 6.25. The van der Waals surface area contributed by atoms with Gasteiger partial charge in [0, 0.05) is 12.8 Å². The van der Waals surface area contributed by atoms with Gasteiger partial charge in [-0.15, -0.1) is 10.2 Å². The lowest BCUT2D eigenvalue weighted by Crippen LogP contribution is -2.11. The number of amides is 1. The first-order valence-electron chi connectivity index (χ1n) is 9.05. The molecule has 3 aromatic rings. The fourth-order valence-electron chi connectivity index (χ4n) is 2.82. The van der Waals surface area contributed by atoms with Gasteiger partial charge in [0.1, 0.15) is 5.01 Å². The number of hydrogen-bond acceptors (Lipinski definition) is 6. The fraction of sp³-hybridized carbons (Fsp3) is 0.286. The van der Waals surface area contributed by atoms with Crippen LogP contribution in [0, 0.1) is 0 Å². The lowest BCUT2D eigenvalue weighted by atomic mass is 10.1. The number of nitrogens with one attached hydrogen (secondary N) is 1. The topological polar surface area (TPSA) is 73.3 Å². The van der Waals surface area contributed by atoms with E-state index >= 15 is 0 Å². The number of ether oxygens (including phenoxy) is 2. The van der Waals surface area contributed by atoms with E-state index in [-0.39, 0.29) is 5.91 Å². The van der Waals surface area contributed by atoms with Crippen molar-refractivity contribution in [2.45, 2.75) is 25.7 Å². The minimum absolute atomic E-state index is 0.0373. The molecule has 0 bridgehead atoms. The second-order valence-corrected chi connectivity index (χ2v) is 7.32. The van der Waals surface area contributed by atoms with E-state index < -0.39 is 0 Å². The molecule has 0 unspecified atom stereocenters. The van der Waals surface area contributed by atoms with E-state index in [1.54, 1.807) is 14.2 Å². The standard InChI is InChI=1S/C21H23N3O3S/c1-26-17-12-11-16(13-18(17)27-2)14-20-23-24-21(28-20)22-19(25)10-6-9-15-7-4-3-5-8-15/h3-5,7-8,11-13H,6,9-10,14H2,1-2H3,(H,22,24,25). The van der Waals surface area contributed by atoms with E-state index in [2.05, 4.69) is 27.6 Å². The van der Waals surface area contributed by atoms with Crippen LogP contribution in [0.25, 0.3) is 0 Å². The number of aromatic nitrogens is 2. The number of methoxy groups -OCH3 is 2. The molecule has 0 aliphatic carbocycles. The third-order valence-corrected chi connectivity index (χ3v) is 5.07. The van der Waals surface area contributed by atoms with Crippen LogP contribution in [0.3, 0.4) is 0 Å². The van der Waals surface area contributed by atoms with E-state index in [1.165, 1.54) is 16.9 Å². The molecule has 0 radical (unpaired) electrons. The second kappa shape index (κ2) is 9.85. The Morgan fingerprint density at radius 1 is 1.00 bits per heavy atom. The van der Waals surface area contributed by atoms with Crippen molar-refractivity contribution in [3.8, 4) is 11.5 Å². The van der Waals surface area contributed by atoms with E-state index in [9.17, 15) is 4.79 Å². The zero-order valence-electron chi connectivity index (χ0n) is 16.0. The predicted octanol–water partition coefficient (Wildman–Crippen LogP) is 4.11. The molecular weight excluding hydrogens is 374 g/mol. The van der Waals surface area contributed by atoms with Gasteiger partial charge in [0.05, 0.1) is 14.2 Å². The lowest BCUT2D eigenvalue weighted by Gasteiger charge is -2.08. The highest BCUT2D eigenvalue weighted by molar-refractivity contribution is 7.15. The smallest absolute Gasteiger partial charge is 0.226 e. The molecule has 0 saturated heterocycles. The highest BCUT2D eigenvalue weighted by Crippen LogP contribution is 2.29. The van der Waals surface area contributed by atoms with Crippen LogP contribution in [0.2, 0.25) is 0 Å². The van der Waals surface area contributed by atoms with Gasteiger partial charge in [0.15, 0.2) is 11.5 Å². The zero-order chi connectivity index (χ0) is 19.8. The first kappa shape index (κ1) is 19.8. The summed E-state index contributed by atoms with van der Waals surface area (Å²) in [4.78, 5) is 12.1. The van der Waals surface area contributed by atoms with Crippen molar-refractivity contribution in [3.63, 3.8) is 0 Å².